The summed E-state index contributed by atoms with van der Waals surface area (Å²) in [5.74, 6) is -1.18. The van der Waals surface area contributed by atoms with E-state index >= 15 is 0 Å². The first-order chi connectivity index (χ1) is 13.5. The SMILES string of the molecule is CCOC1OC(=O)CC1NC(=O)C1CCCN1C(=O)[C@H](C)NC(=O)OC(C)(C)C. The molecule has 0 aromatic rings. The zero-order chi connectivity index (χ0) is 21.8. The average Bonchev–Trinajstić information content (AvgIpc) is 3.19. The van der Waals surface area contributed by atoms with Gasteiger partial charge in [0.15, 0.2) is 0 Å². The highest BCUT2D eigenvalue weighted by Crippen LogP contribution is 2.21. The molecule has 2 heterocycles. The Balaban J connectivity index is 1.95. The zero-order valence-electron chi connectivity index (χ0n) is 17.6. The van der Waals surface area contributed by atoms with Crippen LogP contribution >= 0.6 is 0 Å². The van der Waals surface area contributed by atoms with Crippen molar-refractivity contribution in [2.24, 2.45) is 0 Å². The maximum atomic E-state index is 12.8. The summed E-state index contributed by atoms with van der Waals surface area (Å²) < 4.78 is 15.6. The van der Waals surface area contributed by atoms with Crippen molar-refractivity contribution in [1.82, 2.24) is 15.5 Å². The number of nitrogens with zero attached hydrogens (tertiary/aromatic N) is 1. The minimum absolute atomic E-state index is 0.0215. The molecule has 3 amide bonds. The van der Waals surface area contributed by atoms with Crippen LogP contribution in [0.1, 0.15) is 53.9 Å². The summed E-state index contributed by atoms with van der Waals surface area (Å²) in [5, 5.41) is 5.27. The number of likely N-dealkylation sites (tertiary alicyclic amines) is 1. The van der Waals surface area contributed by atoms with Gasteiger partial charge in [0.05, 0.1) is 6.42 Å². The Bertz CT molecular complexity index is 646. The average molecular weight is 413 g/mol. The Labute approximate surface area is 170 Å². The molecule has 2 N–H and O–H groups in total. The summed E-state index contributed by atoms with van der Waals surface area (Å²) in [6, 6.07) is -2.11. The summed E-state index contributed by atoms with van der Waals surface area (Å²) in [6.07, 6.45) is -0.335. The number of amides is 3. The standard InChI is InChI=1S/C19H31N3O7/c1-6-27-17-12(10-14(23)28-17)21-15(24)13-8-7-9-22(13)16(25)11(2)20-18(26)29-19(3,4)5/h11-13,17H,6-10H2,1-5H3,(H,20,26)(H,21,24)/t11-,12?,13?,17?/m0/s1. The van der Waals surface area contributed by atoms with Gasteiger partial charge in [0.25, 0.3) is 0 Å². The van der Waals surface area contributed by atoms with Gasteiger partial charge in [-0.2, -0.15) is 0 Å². The van der Waals surface area contributed by atoms with E-state index in [4.69, 9.17) is 14.2 Å². The first-order valence-corrected chi connectivity index (χ1v) is 9.93. The van der Waals surface area contributed by atoms with Crippen LogP contribution in [-0.4, -0.2) is 71.9 Å². The molecule has 0 radical (unpaired) electrons. The molecule has 4 atom stereocenters. The van der Waals surface area contributed by atoms with Crippen molar-refractivity contribution >= 4 is 23.9 Å². The quantitative estimate of drug-likeness (QED) is 0.614. The third-order valence-corrected chi connectivity index (χ3v) is 4.56. The van der Waals surface area contributed by atoms with Crippen LogP contribution in [-0.2, 0) is 28.6 Å². The highest BCUT2D eigenvalue weighted by Gasteiger charge is 2.41. The van der Waals surface area contributed by atoms with Gasteiger partial charge in [-0.3, -0.25) is 14.4 Å². The molecule has 0 aromatic carbocycles. The Hall–Kier alpha value is -2.36. The maximum absolute atomic E-state index is 12.8. The minimum atomic E-state index is -0.842. The lowest BCUT2D eigenvalue weighted by molar-refractivity contribution is -0.164. The van der Waals surface area contributed by atoms with Gasteiger partial charge in [0, 0.05) is 13.2 Å². The van der Waals surface area contributed by atoms with E-state index in [9.17, 15) is 19.2 Å². The molecule has 29 heavy (non-hydrogen) atoms. The number of nitrogens with one attached hydrogen (secondary N) is 2. The molecule has 2 rings (SSSR count). The van der Waals surface area contributed by atoms with Gasteiger partial charge in [-0.1, -0.05) is 0 Å². The molecule has 0 aliphatic carbocycles. The fourth-order valence-corrected chi connectivity index (χ4v) is 3.35. The molecular weight excluding hydrogens is 382 g/mol. The summed E-state index contributed by atoms with van der Waals surface area (Å²) in [7, 11) is 0. The van der Waals surface area contributed by atoms with E-state index in [1.807, 2.05) is 0 Å². The molecule has 0 bridgehead atoms. The minimum Gasteiger partial charge on any atom is -0.444 e. The van der Waals surface area contributed by atoms with Crippen molar-refractivity contribution < 1.29 is 33.4 Å². The van der Waals surface area contributed by atoms with Gasteiger partial charge in [-0.25, -0.2) is 4.79 Å². The van der Waals surface area contributed by atoms with E-state index in [0.717, 1.165) is 0 Å². The van der Waals surface area contributed by atoms with Crippen molar-refractivity contribution in [3.05, 3.63) is 0 Å². The van der Waals surface area contributed by atoms with Gasteiger partial charge < -0.3 is 29.7 Å². The van der Waals surface area contributed by atoms with Gasteiger partial charge in [-0.05, 0) is 47.5 Å². The van der Waals surface area contributed by atoms with Gasteiger partial charge in [0.2, 0.25) is 18.1 Å². The molecule has 10 heteroatoms. The summed E-state index contributed by atoms with van der Waals surface area (Å²) in [6.45, 7) is 9.25. The lowest BCUT2D eigenvalue weighted by atomic mass is 10.1. The summed E-state index contributed by atoms with van der Waals surface area (Å²) >= 11 is 0. The van der Waals surface area contributed by atoms with Crippen molar-refractivity contribution in [2.45, 2.75) is 83.9 Å². The Kier molecular flexibility index (Phi) is 7.45. The highest BCUT2D eigenvalue weighted by atomic mass is 16.7. The number of carbonyl (C=O) groups is 4. The number of cyclic esters (lactones) is 1. The first kappa shape index (κ1) is 22.9. The molecule has 164 valence electrons. The molecule has 2 aliphatic rings. The van der Waals surface area contributed by atoms with Crippen LogP contribution in [0.15, 0.2) is 0 Å². The van der Waals surface area contributed by atoms with Crippen molar-refractivity contribution in [1.29, 1.82) is 0 Å². The van der Waals surface area contributed by atoms with Gasteiger partial charge in [0.1, 0.15) is 23.7 Å². The van der Waals surface area contributed by atoms with E-state index in [-0.39, 0.29) is 18.2 Å². The van der Waals surface area contributed by atoms with E-state index in [1.54, 1.807) is 34.6 Å². The lowest BCUT2D eigenvalue weighted by Gasteiger charge is -2.29. The second-order valence-electron chi connectivity index (χ2n) is 8.19. The molecule has 3 unspecified atom stereocenters. The molecule has 2 saturated heterocycles. The number of hydrogen-bond acceptors (Lipinski definition) is 7. The van der Waals surface area contributed by atoms with Crippen molar-refractivity contribution in [2.75, 3.05) is 13.2 Å². The normalized spacial score (nSPS) is 25.3. The predicted octanol–water partition coefficient (Wildman–Crippen LogP) is 0.685. The van der Waals surface area contributed by atoms with Crippen LogP contribution in [0.2, 0.25) is 0 Å². The Morgan fingerprint density at radius 1 is 1.31 bits per heavy atom. The second kappa shape index (κ2) is 9.43. The summed E-state index contributed by atoms with van der Waals surface area (Å²) in [4.78, 5) is 50.5. The number of alkyl carbamates (subject to hydrolysis) is 1. The number of rotatable bonds is 6. The van der Waals surface area contributed by atoms with Crippen molar-refractivity contribution in [3.8, 4) is 0 Å². The number of hydrogen-bond donors (Lipinski definition) is 2. The number of carbonyl (C=O) groups excluding carboxylic acids is 4. The molecule has 2 aliphatic heterocycles. The van der Waals surface area contributed by atoms with Crippen molar-refractivity contribution in [3.63, 3.8) is 0 Å². The predicted molar refractivity (Wildman–Crippen MR) is 102 cm³/mol. The van der Waals surface area contributed by atoms with Crippen LogP contribution < -0.4 is 10.6 Å². The zero-order valence-corrected chi connectivity index (χ0v) is 17.6. The molecule has 2 fully saturated rings. The Morgan fingerprint density at radius 2 is 2.00 bits per heavy atom. The van der Waals surface area contributed by atoms with Gasteiger partial charge >= 0.3 is 12.1 Å². The van der Waals surface area contributed by atoms with Gasteiger partial charge in [-0.15, -0.1) is 0 Å². The molecule has 10 nitrogen and oxygen atoms in total. The van der Waals surface area contributed by atoms with E-state index in [2.05, 4.69) is 10.6 Å². The van der Waals surface area contributed by atoms with E-state index in [0.29, 0.717) is 26.0 Å². The smallest absolute Gasteiger partial charge is 0.408 e. The topological polar surface area (TPSA) is 123 Å². The largest absolute Gasteiger partial charge is 0.444 e. The van der Waals surface area contributed by atoms with Crippen LogP contribution in [0.25, 0.3) is 0 Å². The number of ether oxygens (including phenoxy) is 3. The maximum Gasteiger partial charge on any atom is 0.408 e. The molecule has 0 aromatic heterocycles. The molecular formula is C19H31N3O7. The summed E-state index contributed by atoms with van der Waals surface area (Å²) in [5.41, 5.74) is -0.680. The Morgan fingerprint density at radius 3 is 2.62 bits per heavy atom. The number of esters is 1. The van der Waals surface area contributed by atoms with E-state index in [1.165, 1.54) is 4.90 Å². The monoisotopic (exact) mass is 413 g/mol. The van der Waals surface area contributed by atoms with E-state index < -0.39 is 42.1 Å². The first-order valence-electron chi connectivity index (χ1n) is 9.93. The van der Waals surface area contributed by atoms with Crippen LogP contribution in [0.3, 0.4) is 0 Å². The van der Waals surface area contributed by atoms with Crippen LogP contribution in [0.5, 0.6) is 0 Å². The third kappa shape index (κ3) is 6.31. The highest BCUT2D eigenvalue weighted by molar-refractivity contribution is 5.92. The third-order valence-electron chi connectivity index (χ3n) is 4.56. The second-order valence-corrected chi connectivity index (χ2v) is 8.19. The van der Waals surface area contributed by atoms with Crippen LogP contribution in [0, 0.1) is 0 Å². The lowest BCUT2D eigenvalue weighted by Crippen LogP contribution is -2.55. The molecule has 0 spiro atoms. The fourth-order valence-electron chi connectivity index (χ4n) is 3.35. The molecule has 0 saturated carbocycles. The van der Waals surface area contributed by atoms with Crippen LogP contribution in [0.4, 0.5) is 4.79 Å². The fraction of sp³-hybridized carbons (Fsp3) is 0.789.